The molecular formula is C57H39N. The van der Waals surface area contributed by atoms with Crippen LogP contribution in [0.4, 0.5) is 17.1 Å². The molecule has 1 aliphatic carbocycles. The number of rotatable bonds is 7. The van der Waals surface area contributed by atoms with Gasteiger partial charge in [-0.15, -0.1) is 0 Å². The van der Waals surface area contributed by atoms with Crippen molar-refractivity contribution in [3.63, 3.8) is 0 Å². The average molecular weight is 738 g/mol. The fourth-order valence-corrected chi connectivity index (χ4v) is 9.72. The maximum atomic E-state index is 2.50. The van der Waals surface area contributed by atoms with E-state index in [2.05, 4.69) is 241 Å². The molecule has 0 spiro atoms. The highest BCUT2D eigenvalue weighted by atomic mass is 15.1. The summed E-state index contributed by atoms with van der Waals surface area (Å²) in [4.78, 5) is 2.50. The van der Waals surface area contributed by atoms with Gasteiger partial charge in [-0.1, -0.05) is 212 Å². The minimum absolute atomic E-state index is 0.519. The van der Waals surface area contributed by atoms with Crippen LogP contribution in [0.1, 0.15) is 22.3 Å². The van der Waals surface area contributed by atoms with Crippen LogP contribution in [0.25, 0.3) is 54.9 Å². The standard InChI is InChI=1S/C57H39N/c1-3-19-41(20-4-1)47-33-15-23-42-24-16-34-51(56(42)47)50-32-11-14-37-55(50)58(54-38-17-22-40-21-7-8-29-46(40)54)45-28-18-27-44(39-45)57(43-25-5-2-6-26-43)52-35-12-9-30-48(52)49-31-10-13-36-53(49)57/h1-39H. The molecule has 0 heterocycles. The lowest BCUT2D eigenvalue weighted by Gasteiger charge is -2.35. The molecule has 0 saturated carbocycles. The first-order chi connectivity index (χ1) is 28.8. The molecule has 0 bridgehead atoms. The Hall–Kier alpha value is -7.48. The van der Waals surface area contributed by atoms with Gasteiger partial charge in [0.05, 0.1) is 16.8 Å². The smallest absolute Gasteiger partial charge is 0.0714 e. The van der Waals surface area contributed by atoms with Crippen LogP contribution in [0.5, 0.6) is 0 Å². The summed E-state index contributed by atoms with van der Waals surface area (Å²) in [6.45, 7) is 0. The van der Waals surface area contributed by atoms with E-state index in [1.165, 1.54) is 77.2 Å². The highest BCUT2D eigenvalue weighted by Crippen LogP contribution is 2.57. The van der Waals surface area contributed by atoms with Gasteiger partial charge < -0.3 is 4.90 Å². The van der Waals surface area contributed by atoms with Gasteiger partial charge in [-0.25, -0.2) is 0 Å². The van der Waals surface area contributed by atoms with E-state index in [9.17, 15) is 0 Å². The van der Waals surface area contributed by atoms with Gasteiger partial charge >= 0.3 is 0 Å². The molecule has 10 aromatic rings. The van der Waals surface area contributed by atoms with E-state index in [1.54, 1.807) is 0 Å². The molecule has 0 N–H and O–H groups in total. The quantitative estimate of drug-likeness (QED) is 0.157. The van der Waals surface area contributed by atoms with Crippen molar-refractivity contribution < 1.29 is 0 Å². The number of nitrogens with zero attached hydrogens (tertiary/aromatic N) is 1. The van der Waals surface area contributed by atoms with Gasteiger partial charge in [-0.05, 0) is 90.5 Å². The maximum Gasteiger partial charge on any atom is 0.0714 e. The van der Waals surface area contributed by atoms with Crippen molar-refractivity contribution in [3.8, 4) is 33.4 Å². The van der Waals surface area contributed by atoms with E-state index < -0.39 is 5.41 Å². The van der Waals surface area contributed by atoms with Crippen LogP contribution < -0.4 is 4.90 Å². The van der Waals surface area contributed by atoms with Crippen LogP contribution in [0.2, 0.25) is 0 Å². The number of para-hydroxylation sites is 1. The summed E-state index contributed by atoms with van der Waals surface area (Å²) < 4.78 is 0. The molecular weight excluding hydrogens is 699 g/mol. The van der Waals surface area contributed by atoms with Gasteiger partial charge in [0.1, 0.15) is 0 Å². The lowest BCUT2D eigenvalue weighted by atomic mass is 9.67. The summed E-state index contributed by atoms with van der Waals surface area (Å²) in [5.74, 6) is 0. The van der Waals surface area contributed by atoms with Gasteiger partial charge in [0, 0.05) is 16.6 Å². The largest absolute Gasteiger partial charge is 0.309 e. The second kappa shape index (κ2) is 13.9. The highest BCUT2D eigenvalue weighted by Gasteiger charge is 2.46. The van der Waals surface area contributed by atoms with Gasteiger partial charge in [-0.2, -0.15) is 0 Å². The van der Waals surface area contributed by atoms with E-state index in [0.29, 0.717) is 0 Å². The molecule has 1 nitrogen and oxygen atoms in total. The van der Waals surface area contributed by atoms with E-state index in [-0.39, 0.29) is 0 Å². The summed E-state index contributed by atoms with van der Waals surface area (Å²) in [6.07, 6.45) is 0. The fraction of sp³-hybridized carbons (Fsp3) is 0.0175. The molecule has 272 valence electrons. The van der Waals surface area contributed by atoms with Crippen molar-refractivity contribution in [1.82, 2.24) is 0 Å². The highest BCUT2D eigenvalue weighted by molar-refractivity contribution is 6.10. The zero-order valence-electron chi connectivity index (χ0n) is 32.0. The third kappa shape index (κ3) is 5.25. The third-order valence-electron chi connectivity index (χ3n) is 12.1. The Morgan fingerprint density at radius 3 is 1.57 bits per heavy atom. The zero-order chi connectivity index (χ0) is 38.5. The summed E-state index contributed by atoms with van der Waals surface area (Å²) in [5, 5.41) is 4.87. The Balaban J connectivity index is 1.20. The molecule has 11 rings (SSSR count). The Kier molecular flexibility index (Phi) is 8.12. The molecule has 0 unspecified atom stereocenters. The summed E-state index contributed by atoms with van der Waals surface area (Å²) in [6, 6.07) is 86.9. The van der Waals surface area contributed by atoms with Gasteiger partial charge in [0.2, 0.25) is 0 Å². The van der Waals surface area contributed by atoms with Crippen LogP contribution in [0.15, 0.2) is 237 Å². The van der Waals surface area contributed by atoms with Crippen LogP contribution in [0, 0.1) is 0 Å². The Labute approximate surface area is 339 Å². The number of hydrogen-bond acceptors (Lipinski definition) is 1. The molecule has 10 aromatic carbocycles. The van der Waals surface area contributed by atoms with Crippen molar-refractivity contribution in [2.24, 2.45) is 0 Å². The van der Waals surface area contributed by atoms with Crippen molar-refractivity contribution in [2.45, 2.75) is 5.41 Å². The van der Waals surface area contributed by atoms with Crippen molar-refractivity contribution >= 4 is 38.6 Å². The normalized spacial score (nSPS) is 12.6. The molecule has 0 amide bonds. The van der Waals surface area contributed by atoms with Crippen molar-refractivity contribution in [3.05, 3.63) is 259 Å². The topological polar surface area (TPSA) is 3.24 Å². The van der Waals surface area contributed by atoms with Gasteiger partial charge in [0.25, 0.3) is 0 Å². The molecule has 0 radical (unpaired) electrons. The predicted molar refractivity (Wildman–Crippen MR) is 244 cm³/mol. The summed E-state index contributed by atoms with van der Waals surface area (Å²) in [7, 11) is 0. The van der Waals surface area contributed by atoms with E-state index >= 15 is 0 Å². The average Bonchev–Trinajstić information content (AvgIpc) is 3.61. The third-order valence-corrected chi connectivity index (χ3v) is 12.1. The second-order valence-corrected chi connectivity index (χ2v) is 15.2. The fourth-order valence-electron chi connectivity index (χ4n) is 9.72. The van der Waals surface area contributed by atoms with Crippen LogP contribution in [-0.2, 0) is 5.41 Å². The van der Waals surface area contributed by atoms with Gasteiger partial charge in [0.15, 0.2) is 0 Å². The van der Waals surface area contributed by atoms with E-state index in [1.807, 2.05) is 0 Å². The lowest BCUT2D eigenvalue weighted by molar-refractivity contribution is 0.768. The van der Waals surface area contributed by atoms with Crippen LogP contribution in [-0.4, -0.2) is 0 Å². The molecule has 0 aliphatic heterocycles. The maximum absolute atomic E-state index is 2.50. The lowest BCUT2D eigenvalue weighted by Crippen LogP contribution is -2.28. The van der Waals surface area contributed by atoms with Crippen LogP contribution >= 0.6 is 0 Å². The number of fused-ring (bicyclic) bond motifs is 5. The van der Waals surface area contributed by atoms with Crippen molar-refractivity contribution in [1.29, 1.82) is 0 Å². The number of benzene rings is 10. The Morgan fingerprint density at radius 1 is 0.310 bits per heavy atom. The van der Waals surface area contributed by atoms with Crippen molar-refractivity contribution in [2.75, 3.05) is 4.90 Å². The Bertz CT molecular complexity index is 3070. The first kappa shape index (κ1) is 33.8. The van der Waals surface area contributed by atoms with E-state index in [4.69, 9.17) is 0 Å². The molecule has 1 heteroatoms. The van der Waals surface area contributed by atoms with Gasteiger partial charge in [-0.3, -0.25) is 0 Å². The molecule has 58 heavy (non-hydrogen) atoms. The summed E-state index contributed by atoms with van der Waals surface area (Å²) >= 11 is 0. The minimum atomic E-state index is -0.519. The monoisotopic (exact) mass is 737 g/mol. The number of anilines is 3. The first-order valence-corrected chi connectivity index (χ1v) is 20.1. The summed E-state index contributed by atoms with van der Waals surface area (Å²) in [5.41, 5.74) is 15.3. The minimum Gasteiger partial charge on any atom is -0.309 e. The SMILES string of the molecule is c1ccc(-c2cccc3cccc(-c4ccccc4N(c4cccc(C5(c6ccccc6)c6ccccc6-c6ccccc65)c4)c4cccc5ccccc45)c23)cc1. The molecule has 1 aliphatic rings. The number of hydrogen-bond donors (Lipinski definition) is 0. The molecule has 0 fully saturated rings. The van der Waals surface area contributed by atoms with E-state index in [0.717, 1.165) is 17.1 Å². The second-order valence-electron chi connectivity index (χ2n) is 15.2. The molecule has 0 aromatic heterocycles. The first-order valence-electron chi connectivity index (χ1n) is 20.1. The predicted octanol–water partition coefficient (Wildman–Crippen LogP) is 15.2. The molecule has 0 saturated heterocycles. The zero-order valence-corrected chi connectivity index (χ0v) is 32.0. The Morgan fingerprint density at radius 2 is 0.810 bits per heavy atom. The molecule has 0 atom stereocenters. The van der Waals surface area contributed by atoms with Crippen LogP contribution in [0.3, 0.4) is 0 Å².